The van der Waals surface area contributed by atoms with Crippen LogP contribution >= 0.6 is 0 Å². The molecule has 0 aliphatic carbocycles. The Balaban J connectivity index is 2.15. The van der Waals surface area contributed by atoms with Gasteiger partial charge in [-0.1, -0.05) is 12.1 Å². The van der Waals surface area contributed by atoms with Crippen molar-refractivity contribution in [2.75, 3.05) is 0 Å². The van der Waals surface area contributed by atoms with Gasteiger partial charge in [-0.25, -0.2) is 0 Å². The molecule has 0 aliphatic rings. The molecule has 0 radical (unpaired) electrons. The molecule has 0 unspecified atom stereocenters. The second-order valence-electron chi connectivity index (χ2n) is 6.09. The standard InChI is InChI=1S/C20H14F3N3O3/c1-12-14(9-24)18(27)26(11-13-5-4-8-29-13)19(28)15(12)10-25-17-7-3-2-6-16(17)20(21,22)23/h2-8,10,28H,11H2,1H3. The van der Waals surface area contributed by atoms with E-state index in [0.29, 0.717) is 5.76 Å². The number of rotatable bonds is 4. The molecule has 3 aromatic rings. The highest BCUT2D eigenvalue weighted by atomic mass is 19.4. The highest BCUT2D eigenvalue weighted by molar-refractivity contribution is 5.87. The molecule has 0 fully saturated rings. The molecule has 29 heavy (non-hydrogen) atoms. The van der Waals surface area contributed by atoms with Crippen LogP contribution in [0.4, 0.5) is 18.9 Å². The largest absolute Gasteiger partial charge is 0.494 e. The van der Waals surface area contributed by atoms with E-state index in [1.165, 1.54) is 31.4 Å². The zero-order chi connectivity index (χ0) is 21.2. The minimum Gasteiger partial charge on any atom is -0.494 e. The first-order valence-corrected chi connectivity index (χ1v) is 8.33. The van der Waals surface area contributed by atoms with E-state index in [1.807, 2.05) is 0 Å². The molecule has 0 atom stereocenters. The lowest BCUT2D eigenvalue weighted by Gasteiger charge is -2.13. The molecule has 0 amide bonds. The smallest absolute Gasteiger partial charge is 0.418 e. The molecule has 1 aromatic carbocycles. The third kappa shape index (κ3) is 3.91. The number of nitriles is 1. The van der Waals surface area contributed by atoms with E-state index in [2.05, 4.69) is 4.99 Å². The fourth-order valence-electron chi connectivity index (χ4n) is 2.79. The summed E-state index contributed by atoms with van der Waals surface area (Å²) in [5.74, 6) is -0.184. The summed E-state index contributed by atoms with van der Waals surface area (Å²) in [5, 5.41) is 19.9. The second-order valence-corrected chi connectivity index (χ2v) is 6.09. The lowest BCUT2D eigenvalue weighted by atomic mass is 10.1. The van der Waals surface area contributed by atoms with Crippen LogP contribution in [0.15, 0.2) is 56.9 Å². The van der Waals surface area contributed by atoms with E-state index in [1.54, 1.807) is 18.2 Å². The maximum atomic E-state index is 13.2. The Labute approximate surface area is 162 Å². The molecule has 0 saturated heterocycles. The van der Waals surface area contributed by atoms with Gasteiger partial charge < -0.3 is 9.52 Å². The lowest BCUT2D eigenvalue weighted by Crippen LogP contribution is -2.25. The molecule has 0 saturated carbocycles. The lowest BCUT2D eigenvalue weighted by molar-refractivity contribution is -0.137. The summed E-state index contributed by atoms with van der Waals surface area (Å²) in [7, 11) is 0. The Kier molecular flexibility index (Phi) is 5.28. The summed E-state index contributed by atoms with van der Waals surface area (Å²) in [6.45, 7) is 1.25. The minimum atomic E-state index is -4.61. The van der Waals surface area contributed by atoms with Gasteiger partial charge in [-0.15, -0.1) is 0 Å². The van der Waals surface area contributed by atoms with E-state index in [4.69, 9.17) is 4.42 Å². The number of aliphatic imine (C=N–C) groups is 1. The molecule has 2 heterocycles. The van der Waals surface area contributed by atoms with Crippen molar-refractivity contribution in [3.05, 3.63) is 81.0 Å². The van der Waals surface area contributed by atoms with Gasteiger partial charge in [-0.05, 0) is 36.8 Å². The first kappa shape index (κ1) is 19.9. The maximum absolute atomic E-state index is 13.2. The number of benzene rings is 1. The summed E-state index contributed by atoms with van der Waals surface area (Å²) in [5.41, 5.74) is -2.23. The summed E-state index contributed by atoms with van der Waals surface area (Å²) in [6, 6.07) is 9.63. The number of hydrogen-bond acceptors (Lipinski definition) is 5. The minimum absolute atomic E-state index is 0.0373. The Morgan fingerprint density at radius 2 is 2.00 bits per heavy atom. The first-order chi connectivity index (χ1) is 13.7. The predicted molar refractivity (Wildman–Crippen MR) is 98.3 cm³/mol. The normalized spacial score (nSPS) is 11.7. The number of aromatic nitrogens is 1. The maximum Gasteiger partial charge on any atom is 0.418 e. The summed E-state index contributed by atoms with van der Waals surface area (Å²) in [4.78, 5) is 16.4. The highest BCUT2D eigenvalue weighted by Crippen LogP contribution is 2.36. The van der Waals surface area contributed by atoms with Crippen LogP contribution < -0.4 is 5.56 Å². The molecule has 1 N–H and O–H groups in total. The Bertz CT molecular complexity index is 1170. The van der Waals surface area contributed by atoms with Crippen LogP contribution in [-0.2, 0) is 12.7 Å². The zero-order valence-electron chi connectivity index (χ0n) is 15.1. The molecule has 0 spiro atoms. The van der Waals surface area contributed by atoms with Crippen molar-refractivity contribution >= 4 is 11.9 Å². The van der Waals surface area contributed by atoms with Crippen LogP contribution in [0.25, 0.3) is 0 Å². The first-order valence-electron chi connectivity index (χ1n) is 8.33. The summed E-state index contributed by atoms with van der Waals surface area (Å²) < 4.78 is 45.5. The van der Waals surface area contributed by atoms with E-state index < -0.39 is 23.2 Å². The molecule has 9 heteroatoms. The number of halogens is 3. The van der Waals surface area contributed by atoms with Crippen molar-refractivity contribution in [3.8, 4) is 11.9 Å². The Morgan fingerprint density at radius 3 is 2.62 bits per heavy atom. The second kappa shape index (κ2) is 7.67. The molecule has 3 rings (SSSR count). The van der Waals surface area contributed by atoms with Gasteiger partial charge in [0.1, 0.15) is 17.4 Å². The van der Waals surface area contributed by atoms with Gasteiger partial charge in [-0.2, -0.15) is 18.4 Å². The van der Waals surface area contributed by atoms with Gasteiger partial charge in [-0.3, -0.25) is 14.4 Å². The molecule has 0 bridgehead atoms. The van der Waals surface area contributed by atoms with E-state index in [-0.39, 0.29) is 28.9 Å². The fraction of sp³-hybridized carbons (Fsp3) is 0.150. The van der Waals surface area contributed by atoms with Crippen LogP contribution in [0, 0.1) is 18.3 Å². The average Bonchev–Trinajstić information content (AvgIpc) is 3.18. The molecule has 6 nitrogen and oxygen atoms in total. The molecular formula is C20H14F3N3O3. The zero-order valence-corrected chi connectivity index (χ0v) is 15.1. The SMILES string of the molecule is Cc1c(C=Nc2ccccc2C(F)(F)F)c(O)n(Cc2ccco2)c(=O)c1C#N. The van der Waals surface area contributed by atoms with Gasteiger partial charge >= 0.3 is 6.18 Å². The average molecular weight is 401 g/mol. The number of furan rings is 1. The number of aromatic hydroxyl groups is 1. The van der Waals surface area contributed by atoms with Crippen molar-refractivity contribution in [2.24, 2.45) is 4.99 Å². The predicted octanol–water partition coefficient (Wildman–Crippen LogP) is 4.14. The van der Waals surface area contributed by atoms with Crippen LogP contribution in [-0.4, -0.2) is 15.9 Å². The topological polar surface area (TPSA) is 91.5 Å². The Morgan fingerprint density at radius 1 is 1.28 bits per heavy atom. The monoisotopic (exact) mass is 401 g/mol. The Hall–Kier alpha value is -3.80. The summed E-state index contributed by atoms with van der Waals surface area (Å²) in [6.07, 6.45) is -2.22. The summed E-state index contributed by atoms with van der Waals surface area (Å²) >= 11 is 0. The van der Waals surface area contributed by atoms with E-state index >= 15 is 0 Å². The van der Waals surface area contributed by atoms with Crippen molar-refractivity contribution < 1.29 is 22.7 Å². The molecule has 148 valence electrons. The molecule has 2 aromatic heterocycles. The van der Waals surface area contributed by atoms with Gasteiger partial charge in [0.25, 0.3) is 5.56 Å². The molecular weight excluding hydrogens is 387 g/mol. The third-order valence-corrected chi connectivity index (χ3v) is 4.28. The van der Waals surface area contributed by atoms with E-state index in [9.17, 15) is 28.3 Å². The quantitative estimate of drug-likeness (QED) is 0.665. The number of hydrogen-bond donors (Lipinski definition) is 1. The van der Waals surface area contributed by atoms with Crippen LogP contribution in [0.5, 0.6) is 5.88 Å². The van der Waals surface area contributed by atoms with Gasteiger partial charge in [0.15, 0.2) is 0 Å². The van der Waals surface area contributed by atoms with E-state index in [0.717, 1.165) is 16.8 Å². The van der Waals surface area contributed by atoms with Crippen molar-refractivity contribution in [1.29, 1.82) is 5.26 Å². The number of nitrogens with zero attached hydrogens (tertiary/aromatic N) is 3. The van der Waals surface area contributed by atoms with Crippen LogP contribution in [0.1, 0.15) is 28.0 Å². The molecule has 0 aliphatic heterocycles. The van der Waals surface area contributed by atoms with Crippen LogP contribution in [0.3, 0.4) is 0 Å². The van der Waals surface area contributed by atoms with Gasteiger partial charge in [0.2, 0.25) is 5.88 Å². The van der Waals surface area contributed by atoms with Crippen molar-refractivity contribution in [2.45, 2.75) is 19.6 Å². The van der Waals surface area contributed by atoms with Gasteiger partial charge in [0.05, 0.1) is 29.6 Å². The highest BCUT2D eigenvalue weighted by Gasteiger charge is 2.33. The van der Waals surface area contributed by atoms with Crippen molar-refractivity contribution in [1.82, 2.24) is 4.57 Å². The fourth-order valence-corrected chi connectivity index (χ4v) is 2.79. The number of alkyl halides is 3. The number of para-hydroxylation sites is 1. The van der Waals surface area contributed by atoms with Crippen LogP contribution in [0.2, 0.25) is 0 Å². The number of pyridine rings is 1. The third-order valence-electron chi connectivity index (χ3n) is 4.28. The van der Waals surface area contributed by atoms with Gasteiger partial charge in [0, 0.05) is 6.21 Å². The van der Waals surface area contributed by atoms with Crippen molar-refractivity contribution in [3.63, 3.8) is 0 Å².